The maximum Gasteiger partial charge on any atom is 0.326 e. The Balaban J connectivity index is 1.67. The van der Waals surface area contributed by atoms with Gasteiger partial charge >= 0.3 is 5.97 Å². The van der Waals surface area contributed by atoms with Gasteiger partial charge in [-0.1, -0.05) is 48.5 Å². The number of nitrogens with one attached hydrogen (secondary N) is 1. The second-order valence-corrected chi connectivity index (χ2v) is 7.65. The average Bonchev–Trinajstić information content (AvgIpc) is 2.70. The van der Waals surface area contributed by atoms with Gasteiger partial charge < -0.3 is 10.4 Å². The van der Waals surface area contributed by atoms with Gasteiger partial charge in [0.1, 0.15) is 6.04 Å². The number of rotatable bonds is 7. The average molecular weight is 381 g/mol. The number of carbonyl (C=O) groups is 2. The van der Waals surface area contributed by atoms with E-state index < -0.39 is 28.7 Å². The molecule has 138 valence electrons. The van der Waals surface area contributed by atoms with Crippen LogP contribution >= 0.6 is 0 Å². The largest absolute Gasteiger partial charge is 0.480 e. The van der Waals surface area contributed by atoms with E-state index in [1.807, 2.05) is 36.4 Å². The van der Waals surface area contributed by atoms with Crippen molar-refractivity contribution in [2.75, 3.05) is 5.75 Å². The fourth-order valence-corrected chi connectivity index (χ4v) is 3.89. The van der Waals surface area contributed by atoms with E-state index in [2.05, 4.69) is 5.32 Å². The minimum absolute atomic E-state index is 0.0795. The van der Waals surface area contributed by atoms with Crippen LogP contribution in [0.25, 0.3) is 10.8 Å². The topological polar surface area (TPSA) is 83.5 Å². The SMILES string of the molecule is O=C(N[C@@H](CC[S@@](=O)c1ccccc1)C(=O)O)c1ccc2ccccc2c1. The van der Waals surface area contributed by atoms with Gasteiger partial charge in [-0.15, -0.1) is 0 Å². The summed E-state index contributed by atoms with van der Waals surface area (Å²) in [6.07, 6.45) is 0.0795. The first kappa shape index (κ1) is 18.8. The predicted molar refractivity (Wildman–Crippen MR) is 105 cm³/mol. The third-order valence-corrected chi connectivity index (χ3v) is 5.62. The van der Waals surface area contributed by atoms with E-state index in [1.54, 1.807) is 36.4 Å². The Hall–Kier alpha value is -2.99. The summed E-state index contributed by atoms with van der Waals surface area (Å²) < 4.78 is 12.3. The van der Waals surface area contributed by atoms with Crippen LogP contribution in [0.1, 0.15) is 16.8 Å². The van der Waals surface area contributed by atoms with Gasteiger partial charge in [0.2, 0.25) is 0 Å². The van der Waals surface area contributed by atoms with Gasteiger partial charge in [-0.3, -0.25) is 9.00 Å². The van der Waals surface area contributed by atoms with Crippen molar-refractivity contribution in [3.8, 4) is 0 Å². The van der Waals surface area contributed by atoms with Crippen LogP contribution in [0.15, 0.2) is 77.7 Å². The predicted octanol–water partition coefficient (Wildman–Crippen LogP) is 3.22. The molecule has 3 aromatic carbocycles. The number of carboxylic acids is 1. The summed E-state index contributed by atoms with van der Waals surface area (Å²) in [5.74, 6) is -1.45. The molecule has 1 amide bonds. The highest BCUT2D eigenvalue weighted by Crippen LogP contribution is 2.16. The van der Waals surface area contributed by atoms with Gasteiger partial charge in [-0.25, -0.2) is 4.79 Å². The Bertz CT molecular complexity index is 988. The smallest absolute Gasteiger partial charge is 0.326 e. The maximum atomic E-state index is 12.5. The first-order chi connectivity index (χ1) is 13.0. The molecule has 6 heteroatoms. The van der Waals surface area contributed by atoms with Crippen LogP contribution in [0, 0.1) is 0 Å². The quantitative estimate of drug-likeness (QED) is 0.658. The zero-order valence-electron chi connectivity index (χ0n) is 14.5. The van der Waals surface area contributed by atoms with Gasteiger partial charge in [0.05, 0.1) is 10.8 Å². The van der Waals surface area contributed by atoms with Gasteiger partial charge in [0.15, 0.2) is 0 Å². The van der Waals surface area contributed by atoms with Crippen LogP contribution in [-0.4, -0.2) is 33.0 Å². The Kier molecular flexibility index (Phi) is 5.98. The van der Waals surface area contributed by atoms with Crippen molar-refractivity contribution < 1.29 is 18.9 Å². The van der Waals surface area contributed by atoms with Crippen LogP contribution in [-0.2, 0) is 15.6 Å². The molecule has 2 N–H and O–H groups in total. The molecule has 3 aromatic rings. The van der Waals surface area contributed by atoms with E-state index in [4.69, 9.17) is 0 Å². The minimum Gasteiger partial charge on any atom is -0.480 e. The molecule has 0 aliphatic rings. The van der Waals surface area contributed by atoms with Gasteiger partial charge in [0.25, 0.3) is 5.91 Å². The molecule has 0 fully saturated rings. The molecular formula is C21H19NO4S. The van der Waals surface area contributed by atoms with Crippen molar-refractivity contribution in [3.05, 3.63) is 78.4 Å². The van der Waals surface area contributed by atoms with Crippen molar-refractivity contribution in [2.24, 2.45) is 0 Å². The zero-order valence-corrected chi connectivity index (χ0v) is 15.3. The van der Waals surface area contributed by atoms with Gasteiger partial charge in [-0.05, 0) is 41.5 Å². The lowest BCUT2D eigenvalue weighted by Crippen LogP contribution is -2.41. The standard InChI is InChI=1S/C21H19NO4S/c23-20(17-11-10-15-6-4-5-7-16(15)14-17)22-19(21(24)25)12-13-27(26)18-8-2-1-3-9-18/h1-11,14,19H,12-13H2,(H,22,23)(H,24,25)/t19-,27+/m0/s1. The number of carboxylic acid groups (broad SMARTS) is 1. The summed E-state index contributed by atoms with van der Waals surface area (Å²) in [5, 5.41) is 13.8. The second kappa shape index (κ2) is 8.60. The molecule has 0 aromatic heterocycles. The molecule has 0 saturated carbocycles. The summed E-state index contributed by atoms with van der Waals surface area (Å²) >= 11 is 0. The molecule has 0 unspecified atom stereocenters. The van der Waals surface area contributed by atoms with E-state index in [-0.39, 0.29) is 12.2 Å². The molecule has 27 heavy (non-hydrogen) atoms. The van der Waals surface area contributed by atoms with E-state index in [9.17, 15) is 18.9 Å². The molecule has 3 rings (SSSR count). The number of benzene rings is 3. The Morgan fingerprint density at radius 2 is 1.59 bits per heavy atom. The molecule has 5 nitrogen and oxygen atoms in total. The highest BCUT2D eigenvalue weighted by atomic mass is 32.2. The number of aliphatic carboxylic acids is 1. The monoisotopic (exact) mass is 381 g/mol. The second-order valence-electron chi connectivity index (χ2n) is 6.08. The minimum atomic E-state index is -1.31. The fraction of sp³-hybridized carbons (Fsp3) is 0.143. The van der Waals surface area contributed by atoms with Crippen LogP contribution < -0.4 is 5.32 Å². The van der Waals surface area contributed by atoms with Crippen LogP contribution in [0.4, 0.5) is 0 Å². The van der Waals surface area contributed by atoms with E-state index in [0.717, 1.165) is 10.8 Å². The van der Waals surface area contributed by atoms with E-state index >= 15 is 0 Å². The molecular weight excluding hydrogens is 362 g/mol. The molecule has 0 radical (unpaired) electrons. The Morgan fingerprint density at radius 1 is 0.926 bits per heavy atom. The van der Waals surface area contributed by atoms with E-state index in [0.29, 0.717) is 10.5 Å². The fourth-order valence-electron chi connectivity index (χ4n) is 2.74. The highest BCUT2D eigenvalue weighted by Gasteiger charge is 2.22. The molecule has 2 atom stereocenters. The number of hydrogen-bond acceptors (Lipinski definition) is 3. The van der Waals surface area contributed by atoms with Crippen molar-refractivity contribution >= 4 is 33.4 Å². The van der Waals surface area contributed by atoms with Crippen LogP contribution in [0.2, 0.25) is 0 Å². The van der Waals surface area contributed by atoms with Gasteiger partial charge in [0, 0.05) is 16.2 Å². The summed E-state index contributed by atoms with van der Waals surface area (Å²) in [6, 6.07) is 20.6. The van der Waals surface area contributed by atoms with Crippen molar-refractivity contribution in [3.63, 3.8) is 0 Å². The zero-order chi connectivity index (χ0) is 19.2. The summed E-state index contributed by atoms with van der Waals surface area (Å²) in [6.45, 7) is 0. The number of hydrogen-bond donors (Lipinski definition) is 2. The summed E-state index contributed by atoms with van der Waals surface area (Å²) in [7, 11) is -1.31. The third-order valence-electron chi connectivity index (χ3n) is 4.21. The lowest BCUT2D eigenvalue weighted by molar-refractivity contribution is -0.139. The van der Waals surface area contributed by atoms with Crippen LogP contribution in [0.3, 0.4) is 0 Å². The summed E-state index contributed by atoms with van der Waals surface area (Å²) in [4.78, 5) is 24.6. The Morgan fingerprint density at radius 3 is 2.30 bits per heavy atom. The van der Waals surface area contributed by atoms with Crippen LogP contribution in [0.5, 0.6) is 0 Å². The molecule has 0 heterocycles. The normalized spacial score (nSPS) is 13.0. The first-order valence-corrected chi connectivity index (χ1v) is 9.82. The highest BCUT2D eigenvalue weighted by molar-refractivity contribution is 7.85. The number of carbonyl (C=O) groups excluding carboxylic acids is 1. The molecule has 0 saturated heterocycles. The van der Waals surface area contributed by atoms with E-state index in [1.165, 1.54) is 0 Å². The molecule has 0 spiro atoms. The number of amides is 1. The van der Waals surface area contributed by atoms with Gasteiger partial charge in [-0.2, -0.15) is 0 Å². The summed E-state index contributed by atoms with van der Waals surface area (Å²) in [5.41, 5.74) is 0.393. The lowest BCUT2D eigenvalue weighted by Gasteiger charge is -2.14. The van der Waals surface area contributed by atoms with Crippen molar-refractivity contribution in [2.45, 2.75) is 17.4 Å². The lowest BCUT2D eigenvalue weighted by atomic mass is 10.1. The number of fused-ring (bicyclic) bond motifs is 1. The van der Waals surface area contributed by atoms with Crippen molar-refractivity contribution in [1.82, 2.24) is 5.32 Å². The third kappa shape index (κ3) is 4.80. The molecule has 0 aliphatic carbocycles. The Labute approximate surface area is 159 Å². The maximum absolute atomic E-state index is 12.5. The molecule has 0 aliphatic heterocycles. The first-order valence-electron chi connectivity index (χ1n) is 8.50. The van der Waals surface area contributed by atoms with Crippen molar-refractivity contribution in [1.29, 1.82) is 0 Å². The molecule has 0 bridgehead atoms.